The first-order valence-electron chi connectivity index (χ1n) is 10.8. The second-order valence-electron chi connectivity index (χ2n) is 8.69. The second-order valence-corrected chi connectivity index (χ2v) is 8.69. The minimum Gasteiger partial charge on any atom is -0.331 e. The number of carbonyl (C=O) groups excluding carboxylic acids is 1. The highest BCUT2D eigenvalue weighted by atomic mass is 16.2. The topological polar surface area (TPSA) is 46.8 Å². The van der Waals surface area contributed by atoms with E-state index in [-0.39, 0.29) is 11.5 Å². The summed E-state index contributed by atoms with van der Waals surface area (Å²) in [5, 5.41) is 0. The number of carbonyl (C=O) groups is 1. The molecule has 4 heterocycles. The van der Waals surface area contributed by atoms with E-state index in [4.69, 9.17) is 0 Å². The molecule has 1 saturated heterocycles. The molecular formula is C24H28N3O2+. The summed E-state index contributed by atoms with van der Waals surface area (Å²) in [6, 6.07) is 13.9. The highest BCUT2D eigenvalue weighted by Crippen LogP contribution is 2.30. The largest absolute Gasteiger partial charge is 0.331 e. The van der Waals surface area contributed by atoms with Crippen LogP contribution >= 0.6 is 0 Å². The van der Waals surface area contributed by atoms with E-state index in [9.17, 15) is 9.59 Å². The van der Waals surface area contributed by atoms with Crippen LogP contribution in [0.1, 0.15) is 30.0 Å². The van der Waals surface area contributed by atoms with Gasteiger partial charge in [0, 0.05) is 48.4 Å². The standard InChI is InChI=1S/C24H27N3O2/c28-23(26-13-4-7-19-6-1-2-8-21(19)26)11-5-12-25-15-18-14-20(17-25)22-9-3-10-24(29)27(22)16-18/h1-3,5-6,8-11,18,20H,4,7,12-17H2/p+1/b11-5+/t18-,20-/m1/s1. The Balaban J connectivity index is 1.24. The number of benzene rings is 1. The summed E-state index contributed by atoms with van der Waals surface area (Å²) in [4.78, 5) is 28.4. The maximum absolute atomic E-state index is 12.8. The van der Waals surface area contributed by atoms with Gasteiger partial charge in [-0.25, -0.2) is 0 Å². The number of hydrogen-bond donors (Lipinski definition) is 1. The fourth-order valence-corrected chi connectivity index (χ4v) is 5.47. The third kappa shape index (κ3) is 3.55. The van der Waals surface area contributed by atoms with Gasteiger partial charge in [-0.15, -0.1) is 0 Å². The number of para-hydroxylation sites is 1. The van der Waals surface area contributed by atoms with Gasteiger partial charge in [0.05, 0.1) is 19.6 Å². The molecule has 2 bridgehead atoms. The number of piperidine rings is 1. The summed E-state index contributed by atoms with van der Waals surface area (Å²) < 4.78 is 1.97. The predicted molar refractivity (Wildman–Crippen MR) is 113 cm³/mol. The number of aromatic nitrogens is 1. The molecule has 0 aliphatic carbocycles. The molecule has 1 aromatic heterocycles. The van der Waals surface area contributed by atoms with Gasteiger partial charge in [-0.1, -0.05) is 24.3 Å². The monoisotopic (exact) mass is 390 g/mol. The first kappa shape index (κ1) is 18.4. The van der Waals surface area contributed by atoms with Crippen LogP contribution < -0.4 is 15.4 Å². The molecule has 0 radical (unpaired) electrons. The van der Waals surface area contributed by atoms with Crippen molar-refractivity contribution in [1.82, 2.24) is 4.57 Å². The Morgan fingerprint density at radius 3 is 2.97 bits per heavy atom. The van der Waals surface area contributed by atoms with Gasteiger partial charge in [-0.2, -0.15) is 0 Å². The van der Waals surface area contributed by atoms with Crippen molar-refractivity contribution >= 4 is 11.6 Å². The van der Waals surface area contributed by atoms with Gasteiger partial charge >= 0.3 is 0 Å². The molecule has 1 N–H and O–H groups in total. The maximum Gasteiger partial charge on any atom is 0.250 e. The number of pyridine rings is 1. The number of amides is 1. The minimum atomic E-state index is 0.0886. The van der Waals surface area contributed by atoms with Crippen LogP contribution in [0.4, 0.5) is 5.69 Å². The zero-order chi connectivity index (χ0) is 19.8. The molecule has 1 fully saturated rings. The van der Waals surface area contributed by atoms with Gasteiger partial charge in [-0.05, 0) is 43.0 Å². The van der Waals surface area contributed by atoms with Gasteiger partial charge < -0.3 is 14.4 Å². The van der Waals surface area contributed by atoms with Crippen molar-refractivity contribution in [2.75, 3.05) is 31.1 Å². The van der Waals surface area contributed by atoms with E-state index in [1.54, 1.807) is 12.1 Å². The van der Waals surface area contributed by atoms with E-state index in [1.807, 2.05) is 33.7 Å². The van der Waals surface area contributed by atoms with Crippen LogP contribution in [0, 0.1) is 5.92 Å². The van der Waals surface area contributed by atoms with Crippen LogP contribution in [0.5, 0.6) is 0 Å². The molecule has 2 aromatic rings. The molecule has 0 spiro atoms. The van der Waals surface area contributed by atoms with Gasteiger partial charge in [0.15, 0.2) is 0 Å². The molecule has 0 saturated carbocycles. The summed E-state index contributed by atoms with van der Waals surface area (Å²) in [5.74, 6) is 1.09. The fourth-order valence-electron chi connectivity index (χ4n) is 5.47. The number of likely N-dealkylation sites (tertiary alicyclic amines) is 1. The molecule has 3 aliphatic rings. The van der Waals surface area contributed by atoms with E-state index >= 15 is 0 Å². The maximum atomic E-state index is 12.8. The quantitative estimate of drug-likeness (QED) is 0.805. The highest BCUT2D eigenvalue weighted by Gasteiger charge is 2.36. The number of aryl methyl sites for hydroxylation is 1. The zero-order valence-corrected chi connectivity index (χ0v) is 16.7. The number of anilines is 1. The lowest BCUT2D eigenvalue weighted by atomic mass is 9.83. The predicted octanol–water partition coefficient (Wildman–Crippen LogP) is 1.39. The number of nitrogens with one attached hydrogen (secondary N) is 1. The number of fused-ring (bicyclic) bond motifs is 5. The lowest BCUT2D eigenvalue weighted by Crippen LogP contribution is -3.14. The van der Waals surface area contributed by atoms with Crippen LogP contribution in [0.3, 0.4) is 0 Å². The van der Waals surface area contributed by atoms with Crippen molar-refractivity contribution in [3.63, 3.8) is 0 Å². The number of hydrogen-bond acceptors (Lipinski definition) is 2. The molecule has 5 heteroatoms. The number of rotatable bonds is 3. The summed E-state index contributed by atoms with van der Waals surface area (Å²) >= 11 is 0. The van der Waals surface area contributed by atoms with E-state index in [2.05, 4.69) is 18.2 Å². The second kappa shape index (κ2) is 7.64. The molecule has 3 aliphatic heterocycles. The summed E-state index contributed by atoms with van der Waals surface area (Å²) in [7, 11) is 0. The average molecular weight is 391 g/mol. The molecule has 3 atom stereocenters. The Bertz CT molecular complexity index is 1010. The van der Waals surface area contributed by atoms with E-state index < -0.39 is 0 Å². The molecule has 5 nitrogen and oxygen atoms in total. The zero-order valence-electron chi connectivity index (χ0n) is 16.7. The van der Waals surface area contributed by atoms with Crippen molar-refractivity contribution in [2.45, 2.75) is 31.7 Å². The molecular weight excluding hydrogens is 362 g/mol. The fraction of sp³-hybridized carbons (Fsp3) is 0.417. The van der Waals surface area contributed by atoms with Gasteiger partial charge in [0.25, 0.3) is 11.5 Å². The molecule has 1 amide bonds. The lowest BCUT2D eigenvalue weighted by molar-refractivity contribution is -0.905. The summed E-state index contributed by atoms with van der Waals surface area (Å²) in [6.45, 7) is 4.60. The highest BCUT2D eigenvalue weighted by molar-refractivity contribution is 6.02. The lowest BCUT2D eigenvalue weighted by Gasteiger charge is -2.40. The Morgan fingerprint density at radius 2 is 2.03 bits per heavy atom. The molecule has 1 unspecified atom stereocenters. The number of nitrogens with zero attached hydrogens (tertiary/aromatic N) is 2. The Labute approximate surface area is 171 Å². The molecule has 1 aromatic carbocycles. The third-order valence-electron chi connectivity index (χ3n) is 6.72. The van der Waals surface area contributed by atoms with Crippen molar-refractivity contribution in [3.8, 4) is 0 Å². The third-order valence-corrected chi connectivity index (χ3v) is 6.72. The van der Waals surface area contributed by atoms with E-state index in [0.717, 1.165) is 51.3 Å². The summed E-state index contributed by atoms with van der Waals surface area (Å²) in [6.07, 6.45) is 7.07. The van der Waals surface area contributed by atoms with Gasteiger partial charge in [0.2, 0.25) is 0 Å². The normalized spacial score (nSPS) is 25.5. The van der Waals surface area contributed by atoms with Crippen molar-refractivity contribution in [2.24, 2.45) is 5.92 Å². The molecule has 5 rings (SSSR count). The van der Waals surface area contributed by atoms with Crippen LogP contribution in [0.15, 0.2) is 59.4 Å². The Hall–Kier alpha value is -2.66. The first-order chi connectivity index (χ1) is 14.2. The molecule has 150 valence electrons. The molecule has 29 heavy (non-hydrogen) atoms. The first-order valence-corrected chi connectivity index (χ1v) is 10.8. The van der Waals surface area contributed by atoms with Crippen LogP contribution in [-0.4, -0.2) is 36.7 Å². The Kier molecular flexibility index (Phi) is 4.84. The van der Waals surface area contributed by atoms with Crippen LogP contribution in [0.25, 0.3) is 0 Å². The summed E-state index contributed by atoms with van der Waals surface area (Å²) in [5.41, 5.74) is 3.66. The average Bonchev–Trinajstić information content (AvgIpc) is 2.74. The van der Waals surface area contributed by atoms with Crippen molar-refractivity contribution < 1.29 is 9.69 Å². The van der Waals surface area contributed by atoms with Gasteiger partial charge in [-0.3, -0.25) is 9.59 Å². The van der Waals surface area contributed by atoms with Crippen molar-refractivity contribution in [3.05, 3.63) is 76.2 Å². The number of quaternary nitrogens is 1. The smallest absolute Gasteiger partial charge is 0.250 e. The van der Waals surface area contributed by atoms with E-state index in [1.165, 1.54) is 22.6 Å². The SMILES string of the molecule is O=C(/C=C/C[NH+]1C[C@H]2C[C@H](C1)c1cccc(=O)n1C2)N1CCCc2ccccc21. The van der Waals surface area contributed by atoms with E-state index in [0.29, 0.717) is 11.8 Å². The van der Waals surface area contributed by atoms with Crippen molar-refractivity contribution in [1.29, 1.82) is 0 Å². The van der Waals surface area contributed by atoms with Crippen LogP contribution in [0.2, 0.25) is 0 Å². The minimum absolute atomic E-state index is 0.0886. The van der Waals surface area contributed by atoms with Gasteiger partial charge in [0.1, 0.15) is 0 Å². The Morgan fingerprint density at radius 1 is 1.14 bits per heavy atom. The van der Waals surface area contributed by atoms with Crippen LogP contribution in [-0.2, 0) is 17.8 Å².